The van der Waals surface area contributed by atoms with Crippen LogP contribution in [0, 0.1) is 0 Å². The number of fused-ring (bicyclic) bond motifs is 1. The minimum atomic E-state index is -0.107. The molecule has 24 heavy (non-hydrogen) atoms. The van der Waals surface area contributed by atoms with Crippen LogP contribution in [0.3, 0.4) is 0 Å². The number of carbonyl (C=O) groups excluding carboxylic acids is 1. The van der Waals surface area contributed by atoms with E-state index in [4.69, 9.17) is 23.2 Å². The lowest BCUT2D eigenvalue weighted by atomic mass is 10.00. The van der Waals surface area contributed by atoms with Gasteiger partial charge in [0, 0.05) is 13.1 Å². The largest absolute Gasteiger partial charge is 0.348 e. The van der Waals surface area contributed by atoms with Gasteiger partial charge in [-0.25, -0.2) is 0 Å². The Labute approximate surface area is 152 Å². The van der Waals surface area contributed by atoms with Crippen LogP contribution in [0.1, 0.15) is 29.7 Å². The maximum atomic E-state index is 12.3. The molecule has 2 aromatic rings. The zero-order valence-electron chi connectivity index (χ0n) is 13.6. The zero-order chi connectivity index (χ0) is 17.1. The maximum absolute atomic E-state index is 12.3. The molecule has 0 saturated heterocycles. The number of rotatable bonds is 4. The molecule has 1 amide bonds. The maximum Gasteiger partial charge on any atom is 0.234 e. The normalized spacial score (nSPS) is 15.6. The molecule has 0 saturated carbocycles. The van der Waals surface area contributed by atoms with Gasteiger partial charge in [-0.15, -0.1) is 0 Å². The molecular formula is C19H20Cl2N2O. The van der Waals surface area contributed by atoms with Crippen LogP contribution < -0.4 is 5.32 Å². The molecule has 2 aromatic carbocycles. The van der Waals surface area contributed by atoms with Crippen LogP contribution in [0.15, 0.2) is 42.5 Å². The first-order valence-electron chi connectivity index (χ1n) is 8.06. The molecule has 0 aromatic heterocycles. The van der Waals surface area contributed by atoms with E-state index in [1.807, 2.05) is 13.0 Å². The topological polar surface area (TPSA) is 32.3 Å². The van der Waals surface area contributed by atoms with E-state index < -0.39 is 0 Å². The smallest absolute Gasteiger partial charge is 0.234 e. The van der Waals surface area contributed by atoms with Crippen LogP contribution >= 0.6 is 23.2 Å². The number of carbonyl (C=O) groups is 1. The Morgan fingerprint density at radius 3 is 2.67 bits per heavy atom. The van der Waals surface area contributed by atoms with Gasteiger partial charge < -0.3 is 5.32 Å². The van der Waals surface area contributed by atoms with Crippen LogP contribution in [0.25, 0.3) is 0 Å². The Hall–Kier alpha value is -1.55. The number of benzene rings is 2. The fourth-order valence-corrected chi connectivity index (χ4v) is 3.35. The third-order valence-corrected chi connectivity index (χ3v) is 5.14. The second-order valence-corrected chi connectivity index (χ2v) is 7.01. The van der Waals surface area contributed by atoms with Crippen molar-refractivity contribution in [3.8, 4) is 0 Å². The monoisotopic (exact) mass is 362 g/mol. The Morgan fingerprint density at radius 2 is 1.92 bits per heavy atom. The lowest BCUT2D eigenvalue weighted by molar-refractivity contribution is -0.123. The highest BCUT2D eigenvalue weighted by Crippen LogP contribution is 2.25. The van der Waals surface area contributed by atoms with Gasteiger partial charge in [-0.2, -0.15) is 0 Å². The van der Waals surface area contributed by atoms with Crippen molar-refractivity contribution in [2.24, 2.45) is 0 Å². The van der Waals surface area contributed by atoms with Crippen molar-refractivity contribution < 1.29 is 4.79 Å². The third-order valence-electron chi connectivity index (χ3n) is 4.40. The standard InChI is InChI=1S/C19H20Cl2N2O/c1-13(15-6-7-17(20)18(21)10-15)22-19(24)12-23-9-8-14-4-2-3-5-16(14)11-23/h2-7,10,13H,8-9,11-12H2,1H3,(H,22,24)/t13-/m0/s1. The molecular weight excluding hydrogens is 343 g/mol. The van der Waals surface area contributed by atoms with E-state index in [1.165, 1.54) is 11.1 Å². The van der Waals surface area contributed by atoms with Crippen molar-refractivity contribution in [2.75, 3.05) is 13.1 Å². The quantitative estimate of drug-likeness (QED) is 0.882. The van der Waals surface area contributed by atoms with E-state index in [1.54, 1.807) is 12.1 Å². The van der Waals surface area contributed by atoms with Crippen molar-refractivity contribution in [3.63, 3.8) is 0 Å². The average molecular weight is 363 g/mol. The highest BCUT2D eigenvalue weighted by molar-refractivity contribution is 6.42. The highest BCUT2D eigenvalue weighted by atomic mass is 35.5. The first-order chi connectivity index (χ1) is 11.5. The summed E-state index contributed by atoms with van der Waals surface area (Å²) < 4.78 is 0. The van der Waals surface area contributed by atoms with Crippen LogP contribution in [-0.4, -0.2) is 23.9 Å². The van der Waals surface area contributed by atoms with Gasteiger partial charge in [0.1, 0.15) is 0 Å². The number of amides is 1. The fourth-order valence-electron chi connectivity index (χ4n) is 3.04. The molecule has 5 heteroatoms. The Balaban J connectivity index is 1.57. The van der Waals surface area contributed by atoms with E-state index in [-0.39, 0.29) is 11.9 Å². The number of hydrogen-bond acceptors (Lipinski definition) is 2. The molecule has 3 nitrogen and oxygen atoms in total. The molecule has 1 atom stereocenters. The van der Waals surface area contributed by atoms with Crippen LogP contribution in [0.4, 0.5) is 0 Å². The minimum Gasteiger partial charge on any atom is -0.348 e. The Bertz CT molecular complexity index is 748. The van der Waals surface area contributed by atoms with Crippen molar-refractivity contribution in [3.05, 3.63) is 69.2 Å². The molecule has 0 aliphatic carbocycles. The van der Waals surface area contributed by atoms with Gasteiger partial charge in [0.05, 0.1) is 22.6 Å². The van der Waals surface area contributed by atoms with Gasteiger partial charge in [0.2, 0.25) is 5.91 Å². The second-order valence-electron chi connectivity index (χ2n) is 6.19. The predicted molar refractivity (Wildman–Crippen MR) is 98.4 cm³/mol. The second kappa shape index (κ2) is 7.56. The molecule has 0 unspecified atom stereocenters. The van der Waals surface area contributed by atoms with E-state index in [0.29, 0.717) is 16.6 Å². The molecule has 1 aliphatic rings. The predicted octanol–water partition coefficient (Wildman–Crippen LogP) is 4.23. The summed E-state index contributed by atoms with van der Waals surface area (Å²) in [6.45, 7) is 4.08. The van der Waals surface area contributed by atoms with E-state index >= 15 is 0 Å². The first kappa shape index (κ1) is 17.3. The first-order valence-corrected chi connectivity index (χ1v) is 8.82. The van der Waals surface area contributed by atoms with Crippen LogP contribution in [0.5, 0.6) is 0 Å². The summed E-state index contributed by atoms with van der Waals surface area (Å²) in [5.74, 6) is 0.0213. The van der Waals surface area contributed by atoms with Crippen molar-refractivity contribution in [2.45, 2.75) is 25.9 Å². The molecule has 1 N–H and O–H groups in total. The lowest BCUT2D eigenvalue weighted by Gasteiger charge is -2.28. The number of halogens is 2. The van der Waals surface area contributed by atoms with Gasteiger partial charge in [0.25, 0.3) is 0 Å². The molecule has 0 bridgehead atoms. The Morgan fingerprint density at radius 1 is 1.17 bits per heavy atom. The SMILES string of the molecule is C[C@H](NC(=O)CN1CCc2ccccc2C1)c1ccc(Cl)c(Cl)c1. The van der Waals surface area contributed by atoms with Gasteiger partial charge in [-0.05, 0) is 42.2 Å². The van der Waals surface area contributed by atoms with Gasteiger partial charge in [-0.1, -0.05) is 53.5 Å². The van der Waals surface area contributed by atoms with E-state index in [2.05, 4.69) is 34.5 Å². The summed E-state index contributed by atoms with van der Waals surface area (Å²) >= 11 is 12.0. The molecule has 0 radical (unpaired) electrons. The number of nitrogens with one attached hydrogen (secondary N) is 1. The van der Waals surface area contributed by atoms with Crippen molar-refractivity contribution >= 4 is 29.1 Å². The van der Waals surface area contributed by atoms with Crippen LogP contribution in [-0.2, 0) is 17.8 Å². The van der Waals surface area contributed by atoms with Gasteiger partial charge in [-0.3, -0.25) is 9.69 Å². The average Bonchev–Trinajstić information content (AvgIpc) is 2.57. The summed E-state index contributed by atoms with van der Waals surface area (Å²) in [5, 5.41) is 4.05. The van der Waals surface area contributed by atoms with E-state index in [0.717, 1.165) is 25.1 Å². The summed E-state index contributed by atoms with van der Waals surface area (Å²) in [6, 6.07) is 13.8. The summed E-state index contributed by atoms with van der Waals surface area (Å²) in [5.41, 5.74) is 3.65. The molecule has 126 valence electrons. The molecule has 1 aliphatic heterocycles. The number of hydrogen-bond donors (Lipinski definition) is 1. The molecule has 1 heterocycles. The lowest BCUT2D eigenvalue weighted by Crippen LogP contribution is -2.40. The summed E-state index contributed by atoms with van der Waals surface area (Å²) in [4.78, 5) is 14.5. The van der Waals surface area contributed by atoms with Crippen molar-refractivity contribution in [1.29, 1.82) is 0 Å². The minimum absolute atomic E-state index is 0.0213. The van der Waals surface area contributed by atoms with Gasteiger partial charge in [0.15, 0.2) is 0 Å². The molecule has 0 fully saturated rings. The zero-order valence-corrected chi connectivity index (χ0v) is 15.1. The Kier molecular flexibility index (Phi) is 5.44. The molecule has 3 rings (SSSR count). The summed E-state index contributed by atoms with van der Waals surface area (Å²) in [7, 11) is 0. The van der Waals surface area contributed by atoms with Gasteiger partial charge >= 0.3 is 0 Å². The van der Waals surface area contributed by atoms with Crippen LogP contribution in [0.2, 0.25) is 10.0 Å². The van der Waals surface area contributed by atoms with Crippen molar-refractivity contribution in [1.82, 2.24) is 10.2 Å². The summed E-state index contributed by atoms with van der Waals surface area (Å²) in [6.07, 6.45) is 0.992. The third kappa shape index (κ3) is 4.10. The molecule has 0 spiro atoms. The highest BCUT2D eigenvalue weighted by Gasteiger charge is 2.19. The number of nitrogens with zero attached hydrogens (tertiary/aromatic N) is 1. The fraction of sp³-hybridized carbons (Fsp3) is 0.316. The van der Waals surface area contributed by atoms with E-state index in [9.17, 15) is 4.79 Å².